The minimum absolute atomic E-state index is 0.109. The van der Waals surface area contributed by atoms with Crippen molar-refractivity contribution in [3.63, 3.8) is 0 Å². The van der Waals surface area contributed by atoms with Crippen LogP contribution in [0.15, 0.2) is 35.3 Å². The molecule has 0 fully saturated rings. The minimum Gasteiger partial charge on any atom is -0.338 e. The summed E-state index contributed by atoms with van der Waals surface area (Å²) >= 11 is 0. The number of fused-ring (bicyclic) bond motifs is 1. The summed E-state index contributed by atoms with van der Waals surface area (Å²) in [5.74, 6) is 0.943. The summed E-state index contributed by atoms with van der Waals surface area (Å²) in [5, 5.41) is 8.08. The Morgan fingerprint density at radius 2 is 2.00 bits per heavy atom. The molecule has 0 aliphatic carbocycles. The van der Waals surface area contributed by atoms with Crippen molar-refractivity contribution in [3.8, 4) is 0 Å². The van der Waals surface area contributed by atoms with E-state index < -0.39 is 0 Å². The summed E-state index contributed by atoms with van der Waals surface area (Å²) in [6.45, 7) is 5.95. The van der Waals surface area contributed by atoms with Gasteiger partial charge in [-0.15, -0.1) is 0 Å². The number of nitrogens with zero attached hydrogens (tertiary/aromatic N) is 4. The quantitative estimate of drug-likeness (QED) is 0.910. The Morgan fingerprint density at radius 1 is 1.22 bits per heavy atom. The van der Waals surface area contributed by atoms with Crippen LogP contribution in [-0.4, -0.2) is 39.4 Å². The van der Waals surface area contributed by atoms with Gasteiger partial charge in [-0.1, -0.05) is 18.2 Å². The fraction of sp³-hybridized carbons (Fsp3) is 0.381. The van der Waals surface area contributed by atoms with Gasteiger partial charge in [0.05, 0.1) is 6.54 Å². The second-order valence-corrected chi connectivity index (χ2v) is 7.16. The van der Waals surface area contributed by atoms with Crippen molar-refractivity contribution >= 4 is 28.7 Å². The average Bonchev–Trinajstić information content (AvgIpc) is 2.98. The number of amides is 1. The molecule has 2 aliphatic heterocycles. The van der Waals surface area contributed by atoms with Gasteiger partial charge in [-0.05, 0) is 36.6 Å². The zero-order valence-corrected chi connectivity index (χ0v) is 16.1. The van der Waals surface area contributed by atoms with Gasteiger partial charge in [0.15, 0.2) is 5.82 Å². The number of hydrogen-bond acceptors (Lipinski definition) is 4. The standard InChI is InChI=1S/C21H25N5O/c1-14-18(5-4-11-22-14)16-6-8-17(9-7-16)23-21-19-13-26(15(2)27)12-10-20(19)25(3)24-21/h5-9H,4,10-13H2,1-3H3,(H,23,24). The number of hydrogen-bond donors (Lipinski definition) is 1. The molecular formula is C21H25N5O. The number of aliphatic imine (C=N–C) groups is 1. The predicted octanol–water partition coefficient (Wildman–Crippen LogP) is 3.32. The molecule has 2 aliphatic rings. The molecule has 1 N–H and O–H groups in total. The summed E-state index contributed by atoms with van der Waals surface area (Å²) in [7, 11) is 1.97. The molecule has 0 radical (unpaired) electrons. The van der Waals surface area contributed by atoms with Crippen LogP contribution in [0.3, 0.4) is 0 Å². The zero-order chi connectivity index (χ0) is 19.0. The van der Waals surface area contributed by atoms with E-state index in [1.54, 1.807) is 6.92 Å². The lowest BCUT2D eigenvalue weighted by Gasteiger charge is -2.26. The monoisotopic (exact) mass is 363 g/mol. The van der Waals surface area contributed by atoms with Crippen LogP contribution < -0.4 is 5.32 Å². The molecule has 0 bridgehead atoms. The van der Waals surface area contributed by atoms with E-state index in [0.717, 1.165) is 48.7 Å². The Morgan fingerprint density at radius 3 is 2.70 bits per heavy atom. The van der Waals surface area contributed by atoms with Crippen LogP contribution in [-0.2, 0) is 24.8 Å². The number of aryl methyl sites for hydroxylation is 1. The van der Waals surface area contributed by atoms with Gasteiger partial charge in [0.1, 0.15) is 0 Å². The first kappa shape index (κ1) is 17.5. The third-order valence-corrected chi connectivity index (χ3v) is 5.36. The van der Waals surface area contributed by atoms with Gasteiger partial charge in [-0.2, -0.15) is 5.10 Å². The summed E-state index contributed by atoms with van der Waals surface area (Å²) in [5.41, 5.74) is 6.81. The van der Waals surface area contributed by atoms with E-state index in [0.29, 0.717) is 6.54 Å². The van der Waals surface area contributed by atoms with E-state index in [4.69, 9.17) is 0 Å². The molecule has 4 rings (SSSR count). The van der Waals surface area contributed by atoms with Gasteiger partial charge >= 0.3 is 0 Å². The molecule has 6 heteroatoms. The van der Waals surface area contributed by atoms with Crippen molar-refractivity contribution in [1.29, 1.82) is 0 Å². The number of dihydropyridines is 1. The molecule has 1 aromatic heterocycles. The second kappa shape index (κ2) is 7.02. The first-order valence-electron chi connectivity index (χ1n) is 9.42. The van der Waals surface area contributed by atoms with Crippen LogP contribution >= 0.6 is 0 Å². The lowest BCUT2D eigenvalue weighted by molar-refractivity contribution is -0.129. The molecule has 27 heavy (non-hydrogen) atoms. The van der Waals surface area contributed by atoms with Crippen molar-refractivity contribution in [3.05, 3.63) is 47.2 Å². The highest BCUT2D eigenvalue weighted by molar-refractivity contribution is 6.23. The molecule has 0 saturated heterocycles. The van der Waals surface area contributed by atoms with Gasteiger partial charge in [-0.25, -0.2) is 0 Å². The fourth-order valence-electron chi connectivity index (χ4n) is 3.83. The van der Waals surface area contributed by atoms with Crippen molar-refractivity contribution in [1.82, 2.24) is 14.7 Å². The first-order valence-corrected chi connectivity index (χ1v) is 9.42. The third kappa shape index (κ3) is 3.39. The van der Waals surface area contributed by atoms with E-state index >= 15 is 0 Å². The normalized spacial score (nSPS) is 16.5. The molecule has 0 saturated carbocycles. The van der Waals surface area contributed by atoms with Crippen molar-refractivity contribution in [2.24, 2.45) is 12.0 Å². The van der Waals surface area contributed by atoms with E-state index in [1.807, 2.05) is 16.6 Å². The Balaban J connectivity index is 1.56. The number of anilines is 2. The molecule has 2 aromatic rings. The minimum atomic E-state index is 0.109. The highest BCUT2D eigenvalue weighted by Crippen LogP contribution is 2.29. The van der Waals surface area contributed by atoms with E-state index in [-0.39, 0.29) is 5.91 Å². The fourth-order valence-corrected chi connectivity index (χ4v) is 3.83. The Bertz CT molecular complexity index is 936. The molecular weight excluding hydrogens is 338 g/mol. The lowest BCUT2D eigenvalue weighted by Crippen LogP contribution is -2.34. The van der Waals surface area contributed by atoms with Crippen LogP contribution in [0, 0.1) is 0 Å². The van der Waals surface area contributed by atoms with Gasteiger partial charge in [0, 0.05) is 56.1 Å². The molecule has 3 heterocycles. The van der Waals surface area contributed by atoms with Crippen molar-refractivity contribution in [2.45, 2.75) is 33.2 Å². The number of nitrogens with one attached hydrogen (secondary N) is 1. The van der Waals surface area contributed by atoms with E-state index in [1.165, 1.54) is 16.8 Å². The average molecular weight is 363 g/mol. The molecule has 0 unspecified atom stereocenters. The molecule has 0 atom stereocenters. The lowest BCUT2D eigenvalue weighted by atomic mass is 9.98. The highest BCUT2D eigenvalue weighted by atomic mass is 16.2. The van der Waals surface area contributed by atoms with Gasteiger partial charge in [0.25, 0.3) is 0 Å². The first-order chi connectivity index (χ1) is 13.0. The summed E-state index contributed by atoms with van der Waals surface area (Å²) in [6, 6.07) is 8.39. The molecule has 140 valence electrons. The summed E-state index contributed by atoms with van der Waals surface area (Å²) in [4.78, 5) is 18.2. The number of aromatic nitrogens is 2. The largest absolute Gasteiger partial charge is 0.338 e. The second-order valence-electron chi connectivity index (χ2n) is 7.16. The molecule has 6 nitrogen and oxygen atoms in total. The number of benzene rings is 1. The SMILES string of the molecule is CC(=O)N1CCc2c(c(Nc3ccc(C4=CCCN=C4C)cc3)nn2C)C1. The summed E-state index contributed by atoms with van der Waals surface area (Å²) < 4.78 is 1.93. The predicted molar refractivity (Wildman–Crippen MR) is 108 cm³/mol. The Kier molecular flexibility index (Phi) is 4.56. The van der Waals surface area contributed by atoms with Gasteiger partial charge < -0.3 is 10.2 Å². The van der Waals surface area contributed by atoms with Crippen molar-refractivity contribution in [2.75, 3.05) is 18.4 Å². The maximum atomic E-state index is 11.8. The van der Waals surface area contributed by atoms with Crippen LogP contribution in [0.2, 0.25) is 0 Å². The van der Waals surface area contributed by atoms with Crippen LogP contribution in [0.25, 0.3) is 5.57 Å². The molecule has 0 spiro atoms. The van der Waals surface area contributed by atoms with Gasteiger partial charge in [-0.3, -0.25) is 14.5 Å². The number of allylic oxidation sites excluding steroid dienone is 1. The van der Waals surface area contributed by atoms with Gasteiger partial charge in [0.2, 0.25) is 5.91 Å². The van der Waals surface area contributed by atoms with Crippen LogP contribution in [0.5, 0.6) is 0 Å². The van der Waals surface area contributed by atoms with Crippen LogP contribution in [0.4, 0.5) is 11.5 Å². The molecule has 1 amide bonds. The van der Waals surface area contributed by atoms with E-state index in [9.17, 15) is 4.79 Å². The van der Waals surface area contributed by atoms with Crippen LogP contribution in [0.1, 0.15) is 37.1 Å². The summed E-state index contributed by atoms with van der Waals surface area (Å²) in [6.07, 6.45) is 4.10. The molecule has 1 aromatic carbocycles. The topological polar surface area (TPSA) is 62.5 Å². The smallest absolute Gasteiger partial charge is 0.219 e. The van der Waals surface area contributed by atoms with E-state index in [2.05, 4.69) is 52.7 Å². The number of carbonyl (C=O) groups is 1. The Hall–Kier alpha value is -2.89. The maximum Gasteiger partial charge on any atom is 0.219 e. The maximum absolute atomic E-state index is 11.8. The third-order valence-electron chi connectivity index (χ3n) is 5.36. The highest BCUT2D eigenvalue weighted by Gasteiger charge is 2.25. The number of rotatable bonds is 3. The Labute approximate surface area is 159 Å². The zero-order valence-electron chi connectivity index (χ0n) is 16.1. The van der Waals surface area contributed by atoms with Crippen molar-refractivity contribution < 1.29 is 4.79 Å². The number of carbonyl (C=O) groups excluding carboxylic acids is 1.